The monoisotopic (exact) mass is 442 g/mol. The van der Waals surface area contributed by atoms with Crippen LogP contribution in [0.1, 0.15) is 10.6 Å². The lowest BCUT2D eigenvalue weighted by Gasteiger charge is -2.07. The third kappa shape index (κ3) is 4.12. The van der Waals surface area contributed by atoms with Gasteiger partial charge in [-0.25, -0.2) is 9.67 Å². The second kappa shape index (κ2) is 8.25. The van der Waals surface area contributed by atoms with E-state index in [2.05, 4.69) is 15.4 Å². The lowest BCUT2D eigenvalue weighted by atomic mass is 10.2. The molecule has 1 aromatic heterocycles. The van der Waals surface area contributed by atoms with E-state index >= 15 is 0 Å². The maximum atomic E-state index is 12.8. The minimum absolute atomic E-state index is 0.00477. The average molecular weight is 444 g/mol. The lowest BCUT2D eigenvalue weighted by Crippen LogP contribution is -2.14. The number of carbonyl (C=O) groups excluding carboxylic acids is 1. The number of nitrogens with one attached hydrogen (secondary N) is 1. The van der Waals surface area contributed by atoms with Gasteiger partial charge in [0.15, 0.2) is 5.82 Å². The maximum Gasteiger partial charge on any atom is 0.295 e. The number of halogens is 3. The van der Waals surface area contributed by atoms with Crippen LogP contribution in [0.3, 0.4) is 0 Å². The van der Waals surface area contributed by atoms with Gasteiger partial charge in [0.05, 0.1) is 26.4 Å². The van der Waals surface area contributed by atoms with Gasteiger partial charge in [0.2, 0.25) is 5.82 Å². The third-order valence-electron chi connectivity index (χ3n) is 4.11. The number of hydrogen-bond acceptors (Lipinski definition) is 3. The van der Waals surface area contributed by atoms with E-state index in [1.165, 1.54) is 0 Å². The number of amides is 1. The number of anilines is 1. The molecule has 0 aliphatic heterocycles. The van der Waals surface area contributed by atoms with Crippen molar-refractivity contribution >= 4 is 46.4 Å². The highest BCUT2D eigenvalue weighted by atomic mass is 35.5. The van der Waals surface area contributed by atoms with Crippen LogP contribution in [-0.4, -0.2) is 20.7 Å². The highest BCUT2D eigenvalue weighted by Crippen LogP contribution is 2.28. The number of hydrogen-bond donors (Lipinski definition) is 1. The fourth-order valence-corrected chi connectivity index (χ4v) is 3.20. The van der Waals surface area contributed by atoms with Gasteiger partial charge in [-0.05, 0) is 30.3 Å². The highest BCUT2D eigenvalue weighted by molar-refractivity contribution is 6.42. The molecule has 0 fully saturated rings. The Morgan fingerprint density at radius 2 is 1.55 bits per heavy atom. The molecule has 0 radical (unpaired) electrons. The first-order valence-electron chi connectivity index (χ1n) is 8.57. The summed E-state index contributed by atoms with van der Waals surface area (Å²) in [7, 11) is 0. The summed E-state index contributed by atoms with van der Waals surface area (Å²) in [5.41, 5.74) is 1.90. The Kier molecular flexibility index (Phi) is 5.53. The molecule has 3 aromatic carbocycles. The van der Waals surface area contributed by atoms with Gasteiger partial charge in [-0.15, -0.1) is 5.10 Å². The van der Waals surface area contributed by atoms with E-state index in [9.17, 15) is 4.79 Å². The Labute approximate surface area is 181 Å². The Balaban J connectivity index is 1.78. The summed E-state index contributed by atoms with van der Waals surface area (Å²) in [6.45, 7) is 0. The minimum Gasteiger partial charge on any atom is -0.318 e. The molecule has 0 bridgehead atoms. The number of para-hydroxylation sites is 1. The van der Waals surface area contributed by atoms with Crippen molar-refractivity contribution in [1.82, 2.24) is 14.8 Å². The first-order chi connectivity index (χ1) is 14.0. The van der Waals surface area contributed by atoms with Gasteiger partial charge in [-0.1, -0.05) is 77.3 Å². The van der Waals surface area contributed by atoms with Crippen LogP contribution in [0.5, 0.6) is 0 Å². The van der Waals surface area contributed by atoms with Crippen molar-refractivity contribution < 1.29 is 4.79 Å². The van der Waals surface area contributed by atoms with Gasteiger partial charge in [0.25, 0.3) is 5.91 Å². The standard InChI is InChI=1S/C21H13Cl3N4O/c22-15-11-10-14(12-17(15)24)28-20(13-6-2-1-3-7-13)26-19(27-28)21(29)25-18-9-5-4-8-16(18)23/h1-12H,(H,25,29). The van der Waals surface area contributed by atoms with Crippen LogP contribution in [0, 0.1) is 0 Å². The molecule has 4 rings (SSSR count). The largest absolute Gasteiger partial charge is 0.318 e. The lowest BCUT2D eigenvalue weighted by molar-refractivity contribution is 0.101. The van der Waals surface area contributed by atoms with Crippen LogP contribution in [0.4, 0.5) is 5.69 Å². The van der Waals surface area contributed by atoms with Crippen molar-refractivity contribution in [2.75, 3.05) is 5.32 Å². The SMILES string of the molecule is O=C(Nc1ccccc1Cl)c1nc(-c2ccccc2)n(-c2ccc(Cl)c(Cl)c2)n1. The highest BCUT2D eigenvalue weighted by Gasteiger charge is 2.20. The minimum atomic E-state index is -0.478. The van der Waals surface area contributed by atoms with E-state index in [1.807, 2.05) is 30.3 Å². The summed E-state index contributed by atoms with van der Waals surface area (Å²) in [4.78, 5) is 17.2. The molecule has 1 heterocycles. The van der Waals surface area contributed by atoms with Crippen LogP contribution in [-0.2, 0) is 0 Å². The molecule has 5 nitrogen and oxygen atoms in total. The molecule has 0 spiro atoms. The van der Waals surface area contributed by atoms with Crippen molar-refractivity contribution in [3.63, 3.8) is 0 Å². The fraction of sp³-hybridized carbons (Fsp3) is 0. The Morgan fingerprint density at radius 1 is 0.828 bits per heavy atom. The number of aromatic nitrogens is 3. The summed E-state index contributed by atoms with van der Waals surface area (Å²) in [6.07, 6.45) is 0. The molecular weight excluding hydrogens is 431 g/mol. The van der Waals surface area contributed by atoms with Gasteiger partial charge in [-0.3, -0.25) is 4.79 Å². The Morgan fingerprint density at radius 3 is 2.28 bits per heavy atom. The normalized spacial score (nSPS) is 10.7. The number of rotatable bonds is 4. The zero-order valence-electron chi connectivity index (χ0n) is 14.8. The molecule has 0 aliphatic rings. The third-order valence-corrected chi connectivity index (χ3v) is 5.18. The molecule has 1 amide bonds. The van der Waals surface area contributed by atoms with E-state index in [1.54, 1.807) is 47.1 Å². The number of carbonyl (C=O) groups is 1. The first-order valence-corrected chi connectivity index (χ1v) is 9.70. The van der Waals surface area contributed by atoms with E-state index in [0.717, 1.165) is 5.56 Å². The van der Waals surface area contributed by atoms with E-state index in [-0.39, 0.29) is 5.82 Å². The molecule has 8 heteroatoms. The zero-order chi connectivity index (χ0) is 20.4. The van der Waals surface area contributed by atoms with Gasteiger partial charge in [0.1, 0.15) is 0 Å². The molecule has 0 aliphatic carbocycles. The molecule has 1 N–H and O–H groups in total. The maximum absolute atomic E-state index is 12.8. The number of benzene rings is 3. The van der Waals surface area contributed by atoms with E-state index in [4.69, 9.17) is 34.8 Å². The molecule has 0 unspecified atom stereocenters. The van der Waals surface area contributed by atoms with Gasteiger partial charge >= 0.3 is 0 Å². The smallest absolute Gasteiger partial charge is 0.295 e. The molecule has 0 atom stereocenters. The van der Waals surface area contributed by atoms with Gasteiger partial charge in [0, 0.05) is 5.56 Å². The second-order valence-electron chi connectivity index (χ2n) is 6.07. The van der Waals surface area contributed by atoms with Crippen molar-refractivity contribution in [2.24, 2.45) is 0 Å². The topological polar surface area (TPSA) is 59.8 Å². The quantitative estimate of drug-likeness (QED) is 0.412. The molecule has 29 heavy (non-hydrogen) atoms. The first kappa shape index (κ1) is 19.5. The predicted molar refractivity (Wildman–Crippen MR) is 116 cm³/mol. The van der Waals surface area contributed by atoms with Crippen molar-refractivity contribution in [1.29, 1.82) is 0 Å². The van der Waals surface area contributed by atoms with Crippen LogP contribution in [0.2, 0.25) is 15.1 Å². The van der Waals surface area contributed by atoms with Crippen molar-refractivity contribution in [2.45, 2.75) is 0 Å². The summed E-state index contributed by atoms with van der Waals surface area (Å²) >= 11 is 18.3. The molecule has 144 valence electrons. The van der Waals surface area contributed by atoms with Gasteiger partial charge < -0.3 is 5.32 Å². The average Bonchev–Trinajstić information content (AvgIpc) is 3.18. The Hall–Kier alpha value is -2.86. The fourth-order valence-electron chi connectivity index (χ4n) is 2.72. The summed E-state index contributed by atoms with van der Waals surface area (Å²) in [5, 5.41) is 8.36. The van der Waals surface area contributed by atoms with E-state index in [0.29, 0.717) is 32.3 Å². The van der Waals surface area contributed by atoms with Crippen molar-refractivity contribution in [3.05, 3.63) is 93.7 Å². The van der Waals surface area contributed by atoms with Crippen LogP contribution in [0.15, 0.2) is 72.8 Å². The van der Waals surface area contributed by atoms with Crippen LogP contribution in [0.25, 0.3) is 17.1 Å². The van der Waals surface area contributed by atoms with Gasteiger partial charge in [-0.2, -0.15) is 0 Å². The molecule has 0 saturated carbocycles. The molecule has 0 saturated heterocycles. The van der Waals surface area contributed by atoms with E-state index < -0.39 is 5.91 Å². The van der Waals surface area contributed by atoms with Crippen LogP contribution >= 0.6 is 34.8 Å². The second-order valence-corrected chi connectivity index (χ2v) is 7.29. The predicted octanol–water partition coefficient (Wildman–Crippen LogP) is 6.15. The number of nitrogens with zero attached hydrogens (tertiary/aromatic N) is 3. The van der Waals surface area contributed by atoms with Crippen molar-refractivity contribution in [3.8, 4) is 17.1 Å². The summed E-state index contributed by atoms with van der Waals surface area (Å²) < 4.78 is 1.55. The zero-order valence-corrected chi connectivity index (χ0v) is 17.1. The summed E-state index contributed by atoms with van der Waals surface area (Å²) in [5.74, 6) is 0.0113. The summed E-state index contributed by atoms with van der Waals surface area (Å²) in [6, 6.07) is 21.5. The molecule has 4 aromatic rings. The molecular formula is C21H13Cl3N4O. The Bertz CT molecular complexity index is 1190. The van der Waals surface area contributed by atoms with Crippen LogP contribution < -0.4 is 5.32 Å².